The van der Waals surface area contributed by atoms with Crippen LogP contribution in [0.1, 0.15) is 36.7 Å². The van der Waals surface area contributed by atoms with E-state index in [1.54, 1.807) is 43.8 Å². The van der Waals surface area contributed by atoms with Crippen molar-refractivity contribution in [1.29, 1.82) is 0 Å². The summed E-state index contributed by atoms with van der Waals surface area (Å²) in [5, 5.41) is 4.30. The van der Waals surface area contributed by atoms with Crippen molar-refractivity contribution in [3.05, 3.63) is 78.2 Å². The first-order valence-electron chi connectivity index (χ1n) is 10.4. The van der Waals surface area contributed by atoms with Crippen LogP contribution in [0.2, 0.25) is 0 Å². The van der Waals surface area contributed by atoms with Crippen LogP contribution in [0, 0.1) is 6.92 Å². The Morgan fingerprint density at radius 1 is 1.26 bits per heavy atom. The molecule has 1 aliphatic heterocycles. The number of rotatable bonds is 6. The van der Waals surface area contributed by atoms with E-state index in [4.69, 9.17) is 4.74 Å². The third-order valence-electron chi connectivity index (χ3n) is 5.28. The molecule has 0 aliphatic carbocycles. The van der Waals surface area contributed by atoms with Gasteiger partial charge in [0.2, 0.25) is 0 Å². The average molecular weight is 489 g/mol. The Bertz CT molecular complexity index is 1450. The third kappa shape index (κ3) is 4.43. The van der Waals surface area contributed by atoms with Crippen LogP contribution in [0.15, 0.2) is 51.5 Å². The lowest BCUT2D eigenvalue weighted by Crippen LogP contribution is -2.39. The number of fused-ring (bicyclic) bond motifs is 1. The standard InChI is InChI=1S/C23H22F2N4O4S/c1-5-32-21(31)18-13(3)26-23-29(19(18)14-6-8-16(9-7-14)33-22(24)25)20(30)17(34-23)10-15-11-28(4)27-12(15)2/h6-11,19,22H,5H2,1-4H3/b17-10+/t19-/m1/s1. The molecule has 0 radical (unpaired) electrons. The van der Waals surface area contributed by atoms with Gasteiger partial charge in [0.15, 0.2) is 4.80 Å². The number of allylic oxidation sites excluding steroid dienone is 1. The van der Waals surface area contributed by atoms with Crippen LogP contribution in [-0.4, -0.2) is 33.5 Å². The van der Waals surface area contributed by atoms with Gasteiger partial charge in [0, 0.05) is 18.8 Å². The molecule has 0 fully saturated rings. The number of thiazole rings is 1. The fourth-order valence-electron chi connectivity index (χ4n) is 3.84. The van der Waals surface area contributed by atoms with Gasteiger partial charge < -0.3 is 9.47 Å². The molecule has 0 unspecified atom stereocenters. The molecule has 0 amide bonds. The Balaban J connectivity index is 1.91. The maximum absolute atomic E-state index is 13.5. The Morgan fingerprint density at radius 2 is 1.97 bits per heavy atom. The van der Waals surface area contributed by atoms with E-state index in [-0.39, 0.29) is 23.5 Å². The van der Waals surface area contributed by atoms with Crippen LogP contribution in [-0.2, 0) is 16.6 Å². The van der Waals surface area contributed by atoms with Crippen molar-refractivity contribution in [1.82, 2.24) is 14.3 Å². The Morgan fingerprint density at radius 3 is 2.56 bits per heavy atom. The highest BCUT2D eigenvalue weighted by Crippen LogP contribution is 2.31. The summed E-state index contributed by atoms with van der Waals surface area (Å²) in [5.74, 6) is -0.629. The minimum Gasteiger partial charge on any atom is -0.463 e. The normalized spacial score (nSPS) is 16.0. The van der Waals surface area contributed by atoms with E-state index in [9.17, 15) is 18.4 Å². The number of aryl methyl sites for hydroxylation is 2. The number of carbonyl (C=O) groups is 1. The van der Waals surface area contributed by atoms with E-state index in [0.29, 0.717) is 20.6 Å². The molecule has 0 bridgehead atoms. The summed E-state index contributed by atoms with van der Waals surface area (Å²) in [4.78, 5) is 31.3. The summed E-state index contributed by atoms with van der Waals surface area (Å²) in [6, 6.07) is 4.99. The molecule has 1 aliphatic rings. The van der Waals surface area contributed by atoms with E-state index < -0.39 is 18.6 Å². The van der Waals surface area contributed by atoms with E-state index in [2.05, 4.69) is 14.8 Å². The van der Waals surface area contributed by atoms with Gasteiger partial charge in [-0.25, -0.2) is 9.79 Å². The van der Waals surface area contributed by atoms with E-state index in [0.717, 1.165) is 11.3 Å². The summed E-state index contributed by atoms with van der Waals surface area (Å²) in [6.07, 6.45) is 3.55. The first-order valence-corrected chi connectivity index (χ1v) is 11.3. The number of hydrogen-bond donors (Lipinski definition) is 0. The number of carbonyl (C=O) groups excluding carboxylic acids is 1. The lowest BCUT2D eigenvalue weighted by Gasteiger charge is -2.24. The van der Waals surface area contributed by atoms with Crippen molar-refractivity contribution in [3.8, 4) is 5.75 Å². The summed E-state index contributed by atoms with van der Waals surface area (Å²) in [5.41, 5.74) is 2.38. The second-order valence-electron chi connectivity index (χ2n) is 7.59. The van der Waals surface area contributed by atoms with Crippen molar-refractivity contribution >= 4 is 23.4 Å². The number of ether oxygens (including phenoxy) is 2. The second kappa shape index (κ2) is 9.34. The van der Waals surface area contributed by atoms with Crippen LogP contribution in [0.3, 0.4) is 0 Å². The van der Waals surface area contributed by atoms with Crippen LogP contribution in [0.5, 0.6) is 5.75 Å². The predicted octanol–water partition coefficient (Wildman–Crippen LogP) is 2.44. The summed E-state index contributed by atoms with van der Waals surface area (Å²) >= 11 is 1.20. The molecule has 11 heteroatoms. The van der Waals surface area contributed by atoms with Crippen molar-refractivity contribution in [2.24, 2.45) is 12.0 Å². The number of hydrogen-bond acceptors (Lipinski definition) is 7. The number of benzene rings is 1. The molecule has 34 heavy (non-hydrogen) atoms. The highest BCUT2D eigenvalue weighted by Gasteiger charge is 2.33. The van der Waals surface area contributed by atoms with Crippen LogP contribution in [0.25, 0.3) is 6.08 Å². The largest absolute Gasteiger partial charge is 0.463 e. The van der Waals surface area contributed by atoms with E-state index >= 15 is 0 Å². The minimum atomic E-state index is -2.96. The molecule has 0 saturated carbocycles. The molecule has 3 aromatic rings. The Kier molecular flexibility index (Phi) is 6.47. The summed E-state index contributed by atoms with van der Waals surface area (Å²) in [6.45, 7) is 2.39. The second-order valence-corrected chi connectivity index (χ2v) is 8.60. The fraction of sp³-hybridized carbons (Fsp3) is 0.304. The number of alkyl halides is 2. The first-order chi connectivity index (χ1) is 16.2. The van der Waals surface area contributed by atoms with Crippen molar-refractivity contribution in [2.75, 3.05) is 6.61 Å². The van der Waals surface area contributed by atoms with E-state index in [1.165, 1.54) is 28.0 Å². The summed E-state index contributed by atoms with van der Waals surface area (Å²) in [7, 11) is 1.79. The van der Waals surface area contributed by atoms with Crippen molar-refractivity contribution in [2.45, 2.75) is 33.4 Å². The smallest absolute Gasteiger partial charge is 0.387 e. The molecule has 3 heterocycles. The van der Waals surface area contributed by atoms with Gasteiger partial charge in [-0.1, -0.05) is 23.5 Å². The first kappa shape index (κ1) is 23.6. The Labute approximate surface area is 197 Å². The number of esters is 1. The lowest BCUT2D eigenvalue weighted by atomic mass is 9.96. The SMILES string of the molecule is CCOC(=O)C1=C(C)N=c2s/c(=C/c3cn(C)nc3C)c(=O)n2[C@@H]1c1ccc(OC(F)F)cc1. The number of aromatic nitrogens is 3. The monoisotopic (exact) mass is 488 g/mol. The molecule has 178 valence electrons. The maximum Gasteiger partial charge on any atom is 0.387 e. The molecule has 8 nitrogen and oxygen atoms in total. The van der Waals surface area contributed by atoms with Gasteiger partial charge in [0.05, 0.1) is 34.1 Å². The van der Waals surface area contributed by atoms with Crippen LogP contribution in [0.4, 0.5) is 8.78 Å². The third-order valence-corrected chi connectivity index (χ3v) is 6.26. The van der Waals surface area contributed by atoms with Gasteiger partial charge in [0.25, 0.3) is 5.56 Å². The zero-order valence-electron chi connectivity index (χ0n) is 18.9. The molecule has 0 spiro atoms. The molecule has 1 atom stereocenters. The zero-order chi connectivity index (χ0) is 24.6. The molecular weight excluding hydrogens is 466 g/mol. The molecule has 0 N–H and O–H groups in total. The van der Waals surface area contributed by atoms with Gasteiger partial charge in [-0.3, -0.25) is 14.0 Å². The molecule has 4 rings (SSSR count). The quantitative estimate of drug-likeness (QED) is 0.498. The van der Waals surface area contributed by atoms with Gasteiger partial charge >= 0.3 is 12.6 Å². The fourth-order valence-corrected chi connectivity index (χ4v) is 4.88. The number of nitrogens with zero attached hydrogens (tertiary/aromatic N) is 4. The zero-order valence-corrected chi connectivity index (χ0v) is 19.7. The summed E-state index contributed by atoms with van der Waals surface area (Å²) < 4.78 is 38.4. The van der Waals surface area contributed by atoms with Gasteiger partial charge in [-0.2, -0.15) is 13.9 Å². The van der Waals surface area contributed by atoms with Crippen molar-refractivity contribution in [3.63, 3.8) is 0 Å². The molecule has 1 aromatic carbocycles. The van der Waals surface area contributed by atoms with Gasteiger partial charge in [-0.15, -0.1) is 0 Å². The van der Waals surface area contributed by atoms with Gasteiger partial charge in [-0.05, 0) is 44.5 Å². The topological polar surface area (TPSA) is 87.7 Å². The highest BCUT2D eigenvalue weighted by molar-refractivity contribution is 7.07. The van der Waals surface area contributed by atoms with E-state index in [1.807, 2.05) is 13.1 Å². The van der Waals surface area contributed by atoms with Crippen LogP contribution < -0.4 is 19.6 Å². The minimum absolute atomic E-state index is 0.0309. The number of halogens is 2. The maximum atomic E-state index is 13.5. The highest BCUT2D eigenvalue weighted by atomic mass is 32.1. The Hall–Kier alpha value is -3.60. The van der Waals surface area contributed by atoms with Crippen LogP contribution >= 0.6 is 11.3 Å². The molecule has 2 aromatic heterocycles. The predicted molar refractivity (Wildman–Crippen MR) is 121 cm³/mol. The van der Waals surface area contributed by atoms with Crippen molar-refractivity contribution < 1.29 is 23.0 Å². The lowest BCUT2D eigenvalue weighted by molar-refractivity contribution is -0.139. The molecule has 0 saturated heterocycles. The molecular formula is C23H22F2N4O4S. The average Bonchev–Trinajstić information content (AvgIpc) is 3.25. The van der Waals surface area contributed by atoms with Gasteiger partial charge in [0.1, 0.15) is 5.75 Å².